The predicted molar refractivity (Wildman–Crippen MR) is 302 cm³/mol. The van der Waals surface area contributed by atoms with Crippen molar-refractivity contribution < 1.29 is 28.6 Å². The van der Waals surface area contributed by atoms with Crippen LogP contribution in [0, 0.1) is 0 Å². The van der Waals surface area contributed by atoms with E-state index in [1.807, 2.05) is 0 Å². The molecule has 0 aliphatic rings. The van der Waals surface area contributed by atoms with Crippen molar-refractivity contribution in [1.29, 1.82) is 0 Å². The van der Waals surface area contributed by atoms with Crippen LogP contribution in [0.2, 0.25) is 0 Å². The van der Waals surface area contributed by atoms with E-state index in [0.717, 1.165) is 77.0 Å². The molecular weight excluding hydrogens is 865 g/mol. The van der Waals surface area contributed by atoms with Gasteiger partial charge in [0, 0.05) is 19.3 Å². The Hall–Kier alpha value is -3.15. The summed E-state index contributed by atoms with van der Waals surface area (Å²) >= 11 is 0. The molecule has 0 bridgehead atoms. The summed E-state index contributed by atoms with van der Waals surface area (Å²) in [7, 11) is 0. The zero-order chi connectivity index (χ0) is 50.7. The van der Waals surface area contributed by atoms with Gasteiger partial charge in [0.15, 0.2) is 6.10 Å². The topological polar surface area (TPSA) is 78.9 Å². The molecule has 0 aromatic rings. The molecule has 0 N–H and O–H groups in total. The van der Waals surface area contributed by atoms with Gasteiger partial charge in [-0.2, -0.15) is 0 Å². The van der Waals surface area contributed by atoms with Crippen LogP contribution < -0.4 is 0 Å². The summed E-state index contributed by atoms with van der Waals surface area (Å²) in [5.74, 6) is -0.965. The number of ether oxygens (including phenoxy) is 3. The summed E-state index contributed by atoms with van der Waals surface area (Å²) in [6, 6.07) is 0. The first-order chi connectivity index (χ1) is 34.5. The van der Waals surface area contributed by atoms with E-state index in [1.54, 1.807) is 0 Å². The van der Waals surface area contributed by atoms with Gasteiger partial charge in [0.1, 0.15) is 13.2 Å². The minimum absolute atomic E-state index is 0.102. The molecule has 0 aliphatic carbocycles. The monoisotopic (exact) mass is 977 g/mol. The first kappa shape index (κ1) is 66.9. The highest BCUT2D eigenvalue weighted by atomic mass is 16.6. The summed E-state index contributed by atoms with van der Waals surface area (Å²) in [5.41, 5.74) is 0. The van der Waals surface area contributed by atoms with Crippen molar-refractivity contribution in [2.75, 3.05) is 13.2 Å². The number of allylic oxidation sites excluding steroid dienone is 12. The highest BCUT2D eigenvalue weighted by molar-refractivity contribution is 5.71. The molecule has 70 heavy (non-hydrogen) atoms. The van der Waals surface area contributed by atoms with Crippen molar-refractivity contribution in [2.45, 2.75) is 303 Å². The molecule has 0 aromatic carbocycles. The second-order valence-corrected chi connectivity index (χ2v) is 19.9. The van der Waals surface area contributed by atoms with E-state index in [0.29, 0.717) is 19.3 Å². The van der Waals surface area contributed by atoms with Gasteiger partial charge in [-0.3, -0.25) is 14.4 Å². The molecule has 0 aromatic heterocycles. The van der Waals surface area contributed by atoms with Crippen LogP contribution in [0.5, 0.6) is 0 Å². The first-order valence-corrected chi connectivity index (χ1v) is 30.0. The Morgan fingerprint density at radius 1 is 0.300 bits per heavy atom. The standard InChI is InChI=1S/C64H112O6/c1-4-7-10-13-16-19-22-25-28-31-34-36-39-42-45-48-51-54-57-63(66)69-60-61(70-64(67)58-55-52-49-46-43-40-37-33-30-27-24-21-18-15-12-9-6-3)59-68-62(65)56-53-50-47-44-41-38-35-32-29-26-23-20-17-14-11-8-5-2/h26-31,34,36-37,40,46,49,61H,4-25,32-33,35,38-39,41-45,47-48,50-60H2,1-3H3/b29-26-,30-27-,31-28-,36-34-,40-37-,49-46-. The van der Waals surface area contributed by atoms with Gasteiger partial charge in [-0.1, -0.05) is 248 Å². The van der Waals surface area contributed by atoms with Gasteiger partial charge in [-0.05, 0) is 103 Å². The van der Waals surface area contributed by atoms with Gasteiger partial charge in [0.2, 0.25) is 0 Å². The fourth-order valence-electron chi connectivity index (χ4n) is 8.39. The Balaban J connectivity index is 4.48. The maximum Gasteiger partial charge on any atom is 0.306 e. The van der Waals surface area contributed by atoms with Crippen LogP contribution in [0.15, 0.2) is 72.9 Å². The van der Waals surface area contributed by atoms with Crippen LogP contribution in [0.3, 0.4) is 0 Å². The highest BCUT2D eigenvalue weighted by Gasteiger charge is 2.19. The van der Waals surface area contributed by atoms with Gasteiger partial charge >= 0.3 is 17.9 Å². The number of hydrogen-bond donors (Lipinski definition) is 0. The highest BCUT2D eigenvalue weighted by Crippen LogP contribution is 2.15. The Labute approximate surface area is 433 Å². The van der Waals surface area contributed by atoms with Crippen LogP contribution in [0.1, 0.15) is 297 Å². The van der Waals surface area contributed by atoms with Crippen molar-refractivity contribution in [1.82, 2.24) is 0 Å². The smallest absolute Gasteiger partial charge is 0.306 e. The molecule has 0 radical (unpaired) electrons. The third kappa shape index (κ3) is 55.8. The molecule has 1 atom stereocenters. The van der Waals surface area contributed by atoms with Crippen LogP contribution in [-0.2, 0) is 28.6 Å². The van der Waals surface area contributed by atoms with Gasteiger partial charge in [-0.25, -0.2) is 0 Å². The van der Waals surface area contributed by atoms with Crippen LogP contribution >= 0.6 is 0 Å². The van der Waals surface area contributed by atoms with Crippen LogP contribution in [0.4, 0.5) is 0 Å². The average molecular weight is 978 g/mol. The lowest BCUT2D eigenvalue weighted by atomic mass is 10.1. The number of carbonyl (C=O) groups excluding carboxylic acids is 3. The number of hydrogen-bond acceptors (Lipinski definition) is 6. The number of unbranched alkanes of at least 4 members (excludes halogenated alkanes) is 32. The normalized spacial score (nSPS) is 12.6. The van der Waals surface area contributed by atoms with Crippen LogP contribution in [-0.4, -0.2) is 37.2 Å². The molecular formula is C64H112O6. The second-order valence-electron chi connectivity index (χ2n) is 19.9. The molecule has 0 amide bonds. The number of rotatable bonds is 54. The summed E-state index contributed by atoms with van der Waals surface area (Å²) in [5, 5.41) is 0. The zero-order valence-corrected chi connectivity index (χ0v) is 46.3. The van der Waals surface area contributed by atoms with Gasteiger partial charge in [0.05, 0.1) is 0 Å². The van der Waals surface area contributed by atoms with E-state index < -0.39 is 6.10 Å². The molecule has 404 valence electrons. The van der Waals surface area contributed by atoms with Crippen molar-refractivity contribution >= 4 is 17.9 Å². The first-order valence-electron chi connectivity index (χ1n) is 30.0. The largest absolute Gasteiger partial charge is 0.462 e. The maximum atomic E-state index is 12.8. The average Bonchev–Trinajstić information content (AvgIpc) is 3.36. The van der Waals surface area contributed by atoms with Crippen molar-refractivity contribution in [3.8, 4) is 0 Å². The molecule has 0 rings (SSSR count). The van der Waals surface area contributed by atoms with Crippen molar-refractivity contribution in [2.24, 2.45) is 0 Å². The molecule has 0 saturated carbocycles. The fourth-order valence-corrected chi connectivity index (χ4v) is 8.39. The minimum atomic E-state index is -0.811. The summed E-state index contributed by atoms with van der Waals surface area (Å²) in [4.78, 5) is 38.2. The van der Waals surface area contributed by atoms with E-state index >= 15 is 0 Å². The molecule has 6 heteroatoms. The second kappa shape index (κ2) is 58.4. The zero-order valence-electron chi connectivity index (χ0n) is 46.3. The SMILES string of the molecule is CCCCCCCC/C=C\C/C=C\C/C=C\CCCC(=O)OC(COC(=O)CCCCCCC/C=C\C=C/CCCCCCCCC)COC(=O)CCCCCCCCC/C=C\CCCCCCCC. The lowest BCUT2D eigenvalue weighted by molar-refractivity contribution is -0.167. The van der Waals surface area contributed by atoms with E-state index in [-0.39, 0.29) is 37.5 Å². The lowest BCUT2D eigenvalue weighted by Gasteiger charge is -2.18. The molecule has 0 fully saturated rings. The number of esters is 3. The minimum Gasteiger partial charge on any atom is -0.462 e. The van der Waals surface area contributed by atoms with Crippen molar-refractivity contribution in [3.05, 3.63) is 72.9 Å². The molecule has 0 aliphatic heterocycles. The Bertz CT molecular complexity index is 1310. The summed E-state index contributed by atoms with van der Waals surface area (Å²) < 4.78 is 16.8. The third-order valence-electron chi connectivity index (χ3n) is 12.9. The van der Waals surface area contributed by atoms with E-state index in [1.165, 1.54) is 173 Å². The number of carbonyl (C=O) groups is 3. The van der Waals surface area contributed by atoms with E-state index in [4.69, 9.17) is 14.2 Å². The predicted octanol–water partition coefficient (Wildman–Crippen LogP) is 20.2. The Morgan fingerprint density at radius 3 is 0.943 bits per heavy atom. The maximum absolute atomic E-state index is 12.8. The van der Waals surface area contributed by atoms with E-state index in [2.05, 4.69) is 93.7 Å². The molecule has 1 unspecified atom stereocenters. The summed E-state index contributed by atoms with van der Waals surface area (Å²) in [6.45, 7) is 6.59. The van der Waals surface area contributed by atoms with Crippen LogP contribution in [0.25, 0.3) is 0 Å². The third-order valence-corrected chi connectivity index (χ3v) is 12.9. The quantitative estimate of drug-likeness (QED) is 0.0199. The molecule has 0 heterocycles. The van der Waals surface area contributed by atoms with Crippen molar-refractivity contribution in [3.63, 3.8) is 0 Å². The Kier molecular flexibility index (Phi) is 55.8. The lowest BCUT2D eigenvalue weighted by Crippen LogP contribution is -2.30. The van der Waals surface area contributed by atoms with Gasteiger partial charge in [0.25, 0.3) is 0 Å². The summed E-state index contributed by atoms with van der Waals surface area (Å²) in [6.07, 6.45) is 74.7. The molecule has 6 nitrogen and oxygen atoms in total. The van der Waals surface area contributed by atoms with Gasteiger partial charge in [-0.15, -0.1) is 0 Å². The molecule has 0 spiro atoms. The Morgan fingerprint density at radius 2 is 0.571 bits per heavy atom. The van der Waals surface area contributed by atoms with Gasteiger partial charge < -0.3 is 14.2 Å². The molecule has 0 saturated heterocycles. The fraction of sp³-hybridized carbons (Fsp3) is 0.766. The van der Waals surface area contributed by atoms with E-state index in [9.17, 15) is 14.4 Å².